The Kier molecular flexibility index (Phi) is 6.52. The molecule has 0 spiro atoms. The zero-order valence-corrected chi connectivity index (χ0v) is 12.0. The molecular formula is C2H2F6KNO4S2. The van der Waals surface area contributed by atoms with E-state index in [-0.39, 0.29) is 52.8 Å². The molecule has 0 bridgehead atoms. The zero-order valence-electron chi connectivity index (χ0n) is 8.22. The van der Waals surface area contributed by atoms with Crippen LogP contribution in [0.15, 0.2) is 0 Å². The number of alkyl halides is 5. The average Bonchev–Trinajstić information content (AvgIpc) is 1.77. The fourth-order valence-corrected chi connectivity index (χ4v) is 2.11. The average molecular weight is 321 g/mol. The van der Waals surface area contributed by atoms with Crippen LogP contribution in [0.5, 0.6) is 0 Å². The smallest absolute Gasteiger partial charge is 1.00 e. The Balaban J connectivity index is -0.000000980. The van der Waals surface area contributed by atoms with Crippen molar-refractivity contribution in [2.45, 2.75) is 11.4 Å². The topological polar surface area (TPSA) is 80.3 Å². The molecule has 0 atom stereocenters. The summed E-state index contributed by atoms with van der Waals surface area (Å²) < 4.78 is 109. The third-order valence-corrected chi connectivity index (χ3v) is 3.46. The quantitative estimate of drug-likeness (QED) is 0.351. The maximum Gasteiger partial charge on any atom is 1.00 e. The van der Waals surface area contributed by atoms with E-state index in [1.165, 1.54) is 0 Å². The van der Waals surface area contributed by atoms with Crippen LogP contribution in [-0.4, -0.2) is 28.3 Å². The van der Waals surface area contributed by atoms with Gasteiger partial charge >= 0.3 is 83.2 Å². The molecule has 0 heterocycles. The maximum absolute atomic E-state index is 12.0. The Morgan fingerprint density at radius 3 is 1.44 bits per heavy atom. The first-order valence-corrected chi connectivity index (χ1v) is 5.49. The first kappa shape index (κ1) is 19.4. The molecule has 0 aromatic heterocycles. The van der Waals surface area contributed by atoms with E-state index in [9.17, 15) is 42.7 Å². The fraction of sp³-hybridized carbons (Fsp3) is 1.00. The van der Waals surface area contributed by atoms with Crippen LogP contribution in [0.3, 0.4) is 0 Å². The van der Waals surface area contributed by atoms with Gasteiger partial charge in [0.2, 0.25) is 0 Å². The summed E-state index contributed by atoms with van der Waals surface area (Å²) >= 11 is 0. The minimum atomic E-state index is -6.75. The molecule has 0 amide bonds. The molecule has 0 fully saturated rings. The van der Waals surface area contributed by atoms with Gasteiger partial charge in [-0.25, -0.2) is 8.42 Å². The Labute approximate surface area is 130 Å². The van der Waals surface area contributed by atoms with Crippen molar-refractivity contribution in [2.75, 3.05) is 0 Å². The fourth-order valence-electron chi connectivity index (χ4n) is 0.336. The van der Waals surface area contributed by atoms with Crippen molar-refractivity contribution >= 4 is 20.4 Å². The van der Waals surface area contributed by atoms with Gasteiger partial charge in [0.1, 0.15) is 0 Å². The third kappa shape index (κ3) is 4.75. The predicted octanol–water partition coefficient (Wildman–Crippen LogP) is -2.61. The Morgan fingerprint density at radius 1 is 0.938 bits per heavy atom. The second kappa shape index (κ2) is 5.37. The monoisotopic (exact) mass is 321 g/mol. The van der Waals surface area contributed by atoms with Crippen LogP contribution >= 0.6 is 0 Å². The summed E-state index contributed by atoms with van der Waals surface area (Å²) in [6, 6.07) is 0. The molecule has 0 aliphatic heterocycles. The van der Waals surface area contributed by atoms with Gasteiger partial charge in [-0.05, 0) is 0 Å². The minimum absolute atomic E-state index is 0. The normalized spacial score (nSPS) is 14.4. The summed E-state index contributed by atoms with van der Waals surface area (Å²) in [6.07, 6.45) is -6.57. The van der Waals surface area contributed by atoms with Gasteiger partial charge < -0.3 is 1.43 Å². The van der Waals surface area contributed by atoms with Gasteiger partial charge in [-0.3, -0.25) is 0 Å². The molecule has 0 aromatic rings. The van der Waals surface area contributed by atoms with Gasteiger partial charge in [-0.2, -0.15) is 30.4 Å². The van der Waals surface area contributed by atoms with Gasteiger partial charge in [-0.1, -0.05) is 8.01 Å². The van der Waals surface area contributed by atoms with Crippen LogP contribution in [-0.2, 0) is 20.4 Å². The Hall–Kier alpha value is 1.08. The Bertz CT molecular complexity index is 443. The summed E-state index contributed by atoms with van der Waals surface area (Å²) in [6.45, 7) is 0. The number of rotatable bonds is 3. The first-order chi connectivity index (χ1) is 6.21. The second-order valence-corrected chi connectivity index (χ2v) is 5.10. The van der Waals surface area contributed by atoms with Crippen molar-refractivity contribution in [3.8, 4) is 0 Å². The van der Waals surface area contributed by atoms with Crippen molar-refractivity contribution in [2.24, 2.45) is 0 Å². The number of hydrogen-bond acceptors (Lipinski definition) is 4. The van der Waals surface area contributed by atoms with Crippen molar-refractivity contribution in [3.63, 3.8) is 0 Å². The van der Waals surface area contributed by atoms with E-state index >= 15 is 0 Å². The van der Waals surface area contributed by atoms with E-state index < -0.39 is 36.0 Å². The summed E-state index contributed by atoms with van der Waals surface area (Å²) in [7, 11) is -13.0. The summed E-state index contributed by atoms with van der Waals surface area (Å²) in [5.74, 6) is 0. The molecule has 0 saturated heterocycles. The van der Waals surface area contributed by atoms with Gasteiger partial charge in [0, 0.05) is 0 Å². The third-order valence-electron chi connectivity index (χ3n) is 0.877. The van der Waals surface area contributed by atoms with E-state index in [4.69, 9.17) is 0 Å². The van der Waals surface area contributed by atoms with E-state index in [2.05, 4.69) is 0 Å². The zero-order chi connectivity index (χ0) is 12.7. The summed E-state index contributed by atoms with van der Waals surface area (Å²) in [5.41, 5.74) is 0. The summed E-state index contributed by atoms with van der Waals surface area (Å²) in [4.78, 5) is 0. The van der Waals surface area contributed by atoms with Gasteiger partial charge in [0.15, 0.2) is 0 Å². The van der Waals surface area contributed by atoms with Crippen LogP contribution in [0.1, 0.15) is 1.43 Å². The number of halogens is 6. The molecule has 0 radical (unpaired) electrons. The molecular weight excluding hydrogens is 319 g/mol. The van der Waals surface area contributed by atoms with E-state index in [0.717, 1.165) is 0 Å². The first-order valence-electron chi connectivity index (χ1n) is 2.63. The number of nitrogens with one attached hydrogen (secondary N) is 1. The number of hydrogen-bond donors (Lipinski definition) is 1. The van der Waals surface area contributed by atoms with Crippen molar-refractivity contribution in [1.82, 2.24) is 4.13 Å². The van der Waals surface area contributed by atoms with Gasteiger partial charge in [0.05, 0.1) is 0 Å². The van der Waals surface area contributed by atoms with Crippen LogP contribution < -0.4 is 55.5 Å². The molecule has 5 nitrogen and oxygen atoms in total. The number of sulfonamides is 1. The van der Waals surface area contributed by atoms with Crippen molar-refractivity contribution in [3.05, 3.63) is 0 Å². The van der Waals surface area contributed by atoms with Gasteiger partial charge in [-0.15, -0.1) is 0 Å². The van der Waals surface area contributed by atoms with E-state index in [1.54, 1.807) is 0 Å². The Morgan fingerprint density at radius 2 is 1.25 bits per heavy atom. The maximum atomic E-state index is 12.0. The van der Waals surface area contributed by atoms with Crippen LogP contribution in [0.25, 0.3) is 0 Å². The largest absolute Gasteiger partial charge is 1.00 e. The van der Waals surface area contributed by atoms with E-state index in [0.29, 0.717) is 0 Å². The molecule has 0 aliphatic carbocycles. The molecule has 0 rings (SSSR count). The standard InChI is InChI=1S/C2HF6NO4S2.K.H/c3-1(4,5)2(6,7)14(10,11)9-15(8,12)13;;/h9H;;/q;+1;-1. The van der Waals surface area contributed by atoms with Gasteiger partial charge in [0.25, 0.3) is 0 Å². The molecule has 0 unspecified atom stereocenters. The molecule has 0 saturated carbocycles. The van der Waals surface area contributed by atoms with Crippen LogP contribution in [0.2, 0.25) is 0 Å². The van der Waals surface area contributed by atoms with Crippen LogP contribution in [0.4, 0.5) is 25.8 Å². The SMILES string of the molecule is O=S(=O)(F)NS(=O)(=O)C(F)(F)C(F)(F)F.[H-].[K+]. The van der Waals surface area contributed by atoms with Crippen molar-refractivity contribution in [1.29, 1.82) is 0 Å². The minimum Gasteiger partial charge on any atom is -1.00 e. The molecule has 16 heavy (non-hydrogen) atoms. The molecule has 94 valence electrons. The molecule has 14 heteroatoms. The molecule has 1 N–H and O–H groups in total. The predicted molar refractivity (Wildman–Crippen MR) is 34.2 cm³/mol. The van der Waals surface area contributed by atoms with Crippen molar-refractivity contribution < 1.29 is 95.5 Å². The van der Waals surface area contributed by atoms with Crippen LogP contribution in [0, 0.1) is 0 Å². The molecule has 0 aromatic carbocycles. The molecule has 0 aliphatic rings. The van der Waals surface area contributed by atoms with E-state index in [1.807, 2.05) is 0 Å². The second-order valence-electron chi connectivity index (χ2n) is 2.04. The summed E-state index contributed by atoms with van der Waals surface area (Å²) in [5, 5.41) is -6.42.